The molecular formula is C13H14BrN. The van der Waals surface area contributed by atoms with Crippen molar-refractivity contribution < 1.29 is 0 Å². The molecule has 0 spiro atoms. The van der Waals surface area contributed by atoms with Crippen molar-refractivity contribution in [3.63, 3.8) is 0 Å². The van der Waals surface area contributed by atoms with Crippen LogP contribution in [0.3, 0.4) is 0 Å². The standard InChI is InChI=1S/C13H14BrN/c1-2-5-12(14)10-8-9-15-13-7-4-3-6-11(10)13/h3-4,6-9,12H,2,5H2,1H3. The van der Waals surface area contributed by atoms with E-state index in [9.17, 15) is 0 Å². The van der Waals surface area contributed by atoms with Gasteiger partial charge in [-0.05, 0) is 24.1 Å². The van der Waals surface area contributed by atoms with Gasteiger partial charge in [0.05, 0.1) is 5.52 Å². The maximum absolute atomic E-state index is 4.36. The van der Waals surface area contributed by atoms with E-state index in [1.807, 2.05) is 12.3 Å². The number of para-hydroxylation sites is 1. The number of hydrogen-bond acceptors (Lipinski definition) is 1. The van der Waals surface area contributed by atoms with Gasteiger partial charge >= 0.3 is 0 Å². The molecule has 2 heteroatoms. The van der Waals surface area contributed by atoms with E-state index in [-0.39, 0.29) is 0 Å². The summed E-state index contributed by atoms with van der Waals surface area (Å²) in [6.07, 6.45) is 4.24. The second kappa shape index (κ2) is 4.75. The summed E-state index contributed by atoms with van der Waals surface area (Å²) in [5.41, 5.74) is 2.43. The largest absolute Gasteiger partial charge is 0.256 e. The molecule has 0 saturated carbocycles. The van der Waals surface area contributed by atoms with Crippen molar-refractivity contribution in [1.29, 1.82) is 0 Å². The molecule has 1 unspecified atom stereocenters. The second-order valence-corrected chi connectivity index (χ2v) is 4.78. The van der Waals surface area contributed by atoms with Crippen LogP contribution in [-0.4, -0.2) is 4.98 Å². The van der Waals surface area contributed by atoms with E-state index in [2.05, 4.69) is 52.1 Å². The Morgan fingerprint density at radius 3 is 2.87 bits per heavy atom. The summed E-state index contributed by atoms with van der Waals surface area (Å²) in [5, 5.41) is 1.26. The smallest absolute Gasteiger partial charge is 0.0705 e. The van der Waals surface area contributed by atoms with E-state index in [4.69, 9.17) is 0 Å². The van der Waals surface area contributed by atoms with Crippen LogP contribution < -0.4 is 0 Å². The first-order valence-electron chi connectivity index (χ1n) is 5.30. The molecule has 1 atom stereocenters. The monoisotopic (exact) mass is 263 g/mol. The van der Waals surface area contributed by atoms with Gasteiger partial charge in [0.2, 0.25) is 0 Å². The summed E-state index contributed by atoms with van der Waals surface area (Å²) in [7, 11) is 0. The molecule has 1 aromatic carbocycles. The molecule has 0 aliphatic carbocycles. The Morgan fingerprint density at radius 1 is 1.27 bits per heavy atom. The van der Waals surface area contributed by atoms with E-state index in [1.54, 1.807) is 0 Å². The molecular weight excluding hydrogens is 250 g/mol. The molecule has 1 heterocycles. The normalized spacial score (nSPS) is 12.9. The van der Waals surface area contributed by atoms with Crippen molar-refractivity contribution in [1.82, 2.24) is 4.98 Å². The lowest BCUT2D eigenvalue weighted by Crippen LogP contribution is -1.92. The van der Waals surface area contributed by atoms with Crippen LogP contribution in [0.5, 0.6) is 0 Å². The molecule has 0 fully saturated rings. The topological polar surface area (TPSA) is 12.9 Å². The number of alkyl halides is 1. The average molecular weight is 264 g/mol. The summed E-state index contributed by atoms with van der Waals surface area (Å²) in [6, 6.07) is 10.4. The zero-order chi connectivity index (χ0) is 10.7. The molecule has 15 heavy (non-hydrogen) atoms. The van der Waals surface area contributed by atoms with Crippen molar-refractivity contribution in [2.24, 2.45) is 0 Å². The Hall–Kier alpha value is -0.890. The second-order valence-electron chi connectivity index (χ2n) is 3.67. The van der Waals surface area contributed by atoms with Crippen LogP contribution in [0.4, 0.5) is 0 Å². The minimum atomic E-state index is 0.440. The number of fused-ring (bicyclic) bond motifs is 1. The van der Waals surface area contributed by atoms with E-state index in [0.717, 1.165) is 11.9 Å². The van der Waals surface area contributed by atoms with Crippen LogP contribution in [0.15, 0.2) is 36.5 Å². The molecule has 1 aromatic heterocycles. The van der Waals surface area contributed by atoms with Crippen molar-refractivity contribution in [2.75, 3.05) is 0 Å². The predicted molar refractivity (Wildman–Crippen MR) is 68.3 cm³/mol. The number of hydrogen-bond donors (Lipinski definition) is 0. The van der Waals surface area contributed by atoms with Gasteiger partial charge in [0.1, 0.15) is 0 Å². The Balaban J connectivity index is 2.50. The third-order valence-electron chi connectivity index (χ3n) is 2.56. The quantitative estimate of drug-likeness (QED) is 0.745. The molecule has 2 aromatic rings. The summed E-state index contributed by atoms with van der Waals surface area (Å²) in [4.78, 5) is 4.80. The van der Waals surface area contributed by atoms with Gasteiger partial charge in [0, 0.05) is 16.4 Å². The Kier molecular flexibility index (Phi) is 3.37. The van der Waals surface area contributed by atoms with E-state index >= 15 is 0 Å². The van der Waals surface area contributed by atoms with Crippen LogP contribution in [0.2, 0.25) is 0 Å². The molecule has 0 N–H and O–H groups in total. The number of benzene rings is 1. The number of nitrogens with zero attached hydrogens (tertiary/aromatic N) is 1. The van der Waals surface area contributed by atoms with Gasteiger partial charge < -0.3 is 0 Å². The summed E-state index contributed by atoms with van der Waals surface area (Å²) >= 11 is 3.74. The lowest BCUT2D eigenvalue weighted by Gasteiger charge is -2.11. The van der Waals surface area contributed by atoms with Crippen LogP contribution in [-0.2, 0) is 0 Å². The molecule has 0 radical (unpaired) electrons. The summed E-state index contributed by atoms with van der Waals surface area (Å²) in [6.45, 7) is 2.21. The predicted octanol–water partition coefficient (Wildman–Crippen LogP) is 4.47. The van der Waals surface area contributed by atoms with Crippen molar-refractivity contribution in [3.05, 3.63) is 42.1 Å². The zero-order valence-electron chi connectivity index (χ0n) is 8.78. The fraction of sp³-hybridized carbons (Fsp3) is 0.308. The molecule has 0 aliphatic heterocycles. The Bertz CT molecular complexity index is 448. The van der Waals surface area contributed by atoms with Crippen molar-refractivity contribution in [2.45, 2.75) is 24.6 Å². The van der Waals surface area contributed by atoms with Crippen LogP contribution in [0, 0.1) is 0 Å². The zero-order valence-corrected chi connectivity index (χ0v) is 10.4. The molecule has 0 amide bonds. The van der Waals surface area contributed by atoms with Gasteiger partial charge in [-0.3, -0.25) is 4.98 Å². The maximum atomic E-state index is 4.36. The molecule has 0 bridgehead atoms. The number of halogens is 1. The fourth-order valence-electron chi connectivity index (χ4n) is 1.80. The highest BCUT2D eigenvalue weighted by Crippen LogP contribution is 2.32. The first-order chi connectivity index (χ1) is 7.33. The fourth-order valence-corrected chi connectivity index (χ4v) is 2.66. The highest BCUT2D eigenvalue weighted by molar-refractivity contribution is 9.09. The van der Waals surface area contributed by atoms with Gasteiger partial charge in [-0.1, -0.05) is 47.5 Å². The minimum absolute atomic E-state index is 0.440. The van der Waals surface area contributed by atoms with E-state index in [0.29, 0.717) is 4.83 Å². The summed E-state index contributed by atoms with van der Waals surface area (Å²) in [5.74, 6) is 0. The highest BCUT2D eigenvalue weighted by atomic mass is 79.9. The molecule has 78 valence electrons. The first-order valence-corrected chi connectivity index (χ1v) is 6.22. The molecule has 0 saturated heterocycles. The van der Waals surface area contributed by atoms with Gasteiger partial charge in [-0.25, -0.2) is 0 Å². The number of aromatic nitrogens is 1. The molecule has 1 nitrogen and oxygen atoms in total. The minimum Gasteiger partial charge on any atom is -0.256 e. The Labute approximate surface area is 98.7 Å². The average Bonchev–Trinajstić information content (AvgIpc) is 2.28. The van der Waals surface area contributed by atoms with Crippen molar-refractivity contribution >= 4 is 26.8 Å². The van der Waals surface area contributed by atoms with E-state index < -0.39 is 0 Å². The molecule has 0 aliphatic rings. The van der Waals surface area contributed by atoms with Gasteiger partial charge in [0.25, 0.3) is 0 Å². The van der Waals surface area contributed by atoms with Gasteiger partial charge in [0.15, 0.2) is 0 Å². The summed E-state index contributed by atoms with van der Waals surface area (Å²) < 4.78 is 0. The third kappa shape index (κ3) is 2.20. The highest BCUT2D eigenvalue weighted by Gasteiger charge is 2.09. The van der Waals surface area contributed by atoms with Crippen LogP contribution >= 0.6 is 15.9 Å². The Morgan fingerprint density at radius 2 is 2.07 bits per heavy atom. The first kappa shape index (κ1) is 10.6. The lowest BCUT2D eigenvalue weighted by molar-refractivity contribution is 0.792. The lowest BCUT2D eigenvalue weighted by atomic mass is 10.0. The van der Waals surface area contributed by atoms with Crippen molar-refractivity contribution in [3.8, 4) is 0 Å². The number of pyridine rings is 1. The number of rotatable bonds is 3. The van der Waals surface area contributed by atoms with Gasteiger partial charge in [-0.15, -0.1) is 0 Å². The third-order valence-corrected chi connectivity index (χ3v) is 3.51. The van der Waals surface area contributed by atoms with Gasteiger partial charge in [-0.2, -0.15) is 0 Å². The van der Waals surface area contributed by atoms with Crippen LogP contribution in [0.1, 0.15) is 30.2 Å². The SMILES string of the molecule is CCCC(Br)c1ccnc2ccccc12. The molecule has 2 rings (SSSR count). The maximum Gasteiger partial charge on any atom is 0.0705 e. The van der Waals surface area contributed by atoms with Crippen LogP contribution in [0.25, 0.3) is 10.9 Å². The van der Waals surface area contributed by atoms with E-state index in [1.165, 1.54) is 17.4 Å².